The summed E-state index contributed by atoms with van der Waals surface area (Å²) in [6.07, 6.45) is 1.95. The van der Waals surface area contributed by atoms with Crippen LogP contribution >= 0.6 is 0 Å². The molecular weight excluding hydrogens is 310 g/mol. The molecule has 0 aromatic heterocycles. The predicted molar refractivity (Wildman–Crippen MR) is 101 cm³/mol. The second-order valence-electron chi connectivity index (χ2n) is 6.94. The fourth-order valence-electron chi connectivity index (χ4n) is 3.96. The van der Waals surface area contributed by atoms with Crippen LogP contribution in [0.25, 0.3) is 0 Å². The molecule has 2 aliphatic rings. The summed E-state index contributed by atoms with van der Waals surface area (Å²) >= 11 is 0. The van der Waals surface area contributed by atoms with E-state index in [9.17, 15) is 4.79 Å². The number of benzene rings is 2. The van der Waals surface area contributed by atoms with Crippen molar-refractivity contribution < 1.29 is 4.79 Å². The molecule has 0 aliphatic carbocycles. The third-order valence-electron chi connectivity index (χ3n) is 5.31. The molecule has 4 nitrogen and oxygen atoms in total. The first-order chi connectivity index (χ1) is 12.3. The third-order valence-corrected chi connectivity index (χ3v) is 5.31. The van der Waals surface area contributed by atoms with Gasteiger partial charge in [-0.25, -0.2) is 0 Å². The molecule has 0 radical (unpaired) electrons. The van der Waals surface area contributed by atoms with Gasteiger partial charge in [0, 0.05) is 37.9 Å². The lowest BCUT2D eigenvalue weighted by Crippen LogP contribution is -2.55. The molecule has 2 heterocycles. The maximum Gasteiger partial charge on any atom is 0.241 e. The predicted octanol–water partition coefficient (Wildman–Crippen LogP) is 2.09. The normalized spacial score (nSPS) is 20.5. The average Bonchev–Trinajstić information content (AvgIpc) is 3.08. The molecule has 1 fully saturated rings. The summed E-state index contributed by atoms with van der Waals surface area (Å²) in [5.74, 6) is 0.227. The molecule has 1 N–H and O–H groups in total. The fourth-order valence-corrected chi connectivity index (χ4v) is 3.96. The highest BCUT2D eigenvalue weighted by Gasteiger charge is 2.29. The van der Waals surface area contributed by atoms with E-state index in [4.69, 9.17) is 0 Å². The van der Waals surface area contributed by atoms with Gasteiger partial charge in [-0.2, -0.15) is 0 Å². The molecule has 1 unspecified atom stereocenters. The number of amides is 1. The van der Waals surface area contributed by atoms with Crippen LogP contribution in [0.1, 0.15) is 11.1 Å². The molecule has 25 heavy (non-hydrogen) atoms. The SMILES string of the molecule is O=C(CN1CCNCC1Cc1ccccc1)N1CCc2ccccc21. The summed E-state index contributed by atoms with van der Waals surface area (Å²) in [5, 5.41) is 3.48. The number of hydrogen-bond acceptors (Lipinski definition) is 3. The highest BCUT2D eigenvalue weighted by atomic mass is 16.2. The van der Waals surface area contributed by atoms with Gasteiger partial charge in [0.1, 0.15) is 0 Å². The minimum atomic E-state index is 0.227. The van der Waals surface area contributed by atoms with Gasteiger partial charge in [-0.15, -0.1) is 0 Å². The number of carbonyl (C=O) groups is 1. The van der Waals surface area contributed by atoms with Crippen LogP contribution in [0.2, 0.25) is 0 Å². The Morgan fingerprint density at radius 2 is 1.84 bits per heavy atom. The number of carbonyl (C=O) groups excluding carboxylic acids is 1. The van der Waals surface area contributed by atoms with E-state index in [2.05, 4.69) is 58.7 Å². The van der Waals surface area contributed by atoms with Crippen LogP contribution in [0.5, 0.6) is 0 Å². The van der Waals surface area contributed by atoms with Crippen LogP contribution in [-0.2, 0) is 17.6 Å². The highest BCUT2D eigenvalue weighted by molar-refractivity contribution is 5.96. The molecule has 2 aromatic carbocycles. The van der Waals surface area contributed by atoms with E-state index in [1.54, 1.807) is 0 Å². The molecule has 1 saturated heterocycles. The van der Waals surface area contributed by atoms with Crippen LogP contribution in [0.3, 0.4) is 0 Å². The molecule has 130 valence electrons. The van der Waals surface area contributed by atoms with Crippen LogP contribution in [0.4, 0.5) is 5.69 Å². The Hall–Kier alpha value is -2.17. The van der Waals surface area contributed by atoms with Gasteiger partial charge in [-0.3, -0.25) is 9.69 Å². The number of nitrogens with zero attached hydrogens (tertiary/aromatic N) is 2. The van der Waals surface area contributed by atoms with Gasteiger partial charge in [0.2, 0.25) is 5.91 Å². The van der Waals surface area contributed by atoms with Gasteiger partial charge < -0.3 is 10.2 Å². The van der Waals surface area contributed by atoms with Crippen molar-refractivity contribution in [2.24, 2.45) is 0 Å². The number of fused-ring (bicyclic) bond motifs is 1. The molecule has 2 aliphatic heterocycles. The number of piperazine rings is 1. The fraction of sp³-hybridized carbons (Fsp3) is 0.381. The van der Waals surface area contributed by atoms with Gasteiger partial charge in [0.25, 0.3) is 0 Å². The van der Waals surface area contributed by atoms with Crippen LogP contribution in [-0.4, -0.2) is 49.6 Å². The van der Waals surface area contributed by atoms with Gasteiger partial charge >= 0.3 is 0 Å². The number of nitrogens with one attached hydrogen (secondary N) is 1. The molecule has 4 rings (SSSR count). The summed E-state index contributed by atoms with van der Waals surface area (Å²) in [6, 6.07) is 19.2. The highest BCUT2D eigenvalue weighted by Crippen LogP contribution is 2.27. The Labute approximate surface area is 149 Å². The van der Waals surface area contributed by atoms with E-state index in [0.717, 1.165) is 44.7 Å². The molecule has 0 bridgehead atoms. The van der Waals surface area contributed by atoms with Crippen molar-refractivity contribution in [1.82, 2.24) is 10.2 Å². The zero-order valence-electron chi connectivity index (χ0n) is 14.5. The summed E-state index contributed by atoms with van der Waals surface area (Å²) < 4.78 is 0. The lowest BCUT2D eigenvalue weighted by Gasteiger charge is -2.36. The van der Waals surface area contributed by atoms with E-state index >= 15 is 0 Å². The van der Waals surface area contributed by atoms with E-state index in [1.165, 1.54) is 11.1 Å². The zero-order chi connectivity index (χ0) is 17.1. The molecule has 1 amide bonds. The van der Waals surface area contributed by atoms with Crippen molar-refractivity contribution in [3.8, 4) is 0 Å². The smallest absolute Gasteiger partial charge is 0.241 e. The lowest BCUT2D eigenvalue weighted by atomic mass is 10.0. The Morgan fingerprint density at radius 3 is 2.72 bits per heavy atom. The summed E-state index contributed by atoms with van der Waals surface area (Å²) in [7, 11) is 0. The summed E-state index contributed by atoms with van der Waals surface area (Å²) in [5.41, 5.74) is 3.72. The maximum atomic E-state index is 12.9. The van der Waals surface area contributed by atoms with Crippen molar-refractivity contribution in [3.63, 3.8) is 0 Å². The second-order valence-corrected chi connectivity index (χ2v) is 6.94. The van der Waals surface area contributed by atoms with Crippen molar-refractivity contribution >= 4 is 11.6 Å². The van der Waals surface area contributed by atoms with Crippen LogP contribution in [0.15, 0.2) is 54.6 Å². The van der Waals surface area contributed by atoms with Gasteiger partial charge in [0.15, 0.2) is 0 Å². The zero-order valence-corrected chi connectivity index (χ0v) is 14.5. The van der Waals surface area contributed by atoms with Crippen molar-refractivity contribution in [1.29, 1.82) is 0 Å². The first-order valence-electron chi connectivity index (χ1n) is 9.18. The maximum absolute atomic E-state index is 12.9. The minimum Gasteiger partial charge on any atom is -0.314 e. The Morgan fingerprint density at radius 1 is 1.04 bits per heavy atom. The third kappa shape index (κ3) is 3.60. The summed E-state index contributed by atoms with van der Waals surface area (Å²) in [6.45, 7) is 4.15. The lowest BCUT2D eigenvalue weighted by molar-refractivity contribution is -0.120. The number of para-hydroxylation sites is 1. The molecule has 0 saturated carbocycles. The molecule has 1 atom stereocenters. The Bertz CT molecular complexity index is 731. The molecule has 4 heteroatoms. The second kappa shape index (κ2) is 7.38. The van der Waals surface area contributed by atoms with Gasteiger partial charge in [0.05, 0.1) is 6.54 Å². The van der Waals surface area contributed by atoms with Crippen molar-refractivity contribution in [3.05, 3.63) is 65.7 Å². The number of anilines is 1. The first-order valence-corrected chi connectivity index (χ1v) is 9.18. The summed E-state index contributed by atoms with van der Waals surface area (Å²) in [4.78, 5) is 17.3. The van der Waals surface area contributed by atoms with E-state index in [-0.39, 0.29) is 5.91 Å². The Balaban J connectivity index is 1.44. The van der Waals surface area contributed by atoms with E-state index in [1.807, 2.05) is 11.0 Å². The van der Waals surface area contributed by atoms with E-state index < -0.39 is 0 Å². The molecule has 0 spiro atoms. The largest absolute Gasteiger partial charge is 0.314 e. The topological polar surface area (TPSA) is 35.6 Å². The minimum absolute atomic E-state index is 0.227. The average molecular weight is 335 g/mol. The quantitative estimate of drug-likeness (QED) is 0.929. The van der Waals surface area contributed by atoms with Gasteiger partial charge in [-0.05, 0) is 30.0 Å². The van der Waals surface area contributed by atoms with Crippen molar-refractivity contribution in [2.75, 3.05) is 37.6 Å². The number of hydrogen-bond donors (Lipinski definition) is 1. The van der Waals surface area contributed by atoms with Crippen LogP contribution in [0, 0.1) is 0 Å². The van der Waals surface area contributed by atoms with Crippen LogP contribution < -0.4 is 10.2 Å². The molecule has 2 aromatic rings. The van der Waals surface area contributed by atoms with E-state index in [0.29, 0.717) is 12.6 Å². The van der Waals surface area contributed by atoms with Crippen molar-refractivity contribution in [2.45, 2.75) is 18.9 Å². The monoisotopic (exact) mass is 335 g/mol. The first kappa shape index (κ1) is 16.3. The number of rotatable bonds is 4. The standard InChI is InChI=1S/C21H25N3O/c25-21(24-12-10-18-8-4-5-9-20(18)24)16-23-13-11-22-15-19(23)14-17-6-2-1-3-7-17/h1-9,19,22H,10-16H2. The van der Waals surface area contributed by atoms with Gasteiger partial charge in [-0.1, -0.05) is 48.5 Å². The Kier molecular flexibility index (Phi) is 4.81. The molecular formula is C21H25N3O.